The van der Waals surface area contributed by atoms with Crippen LogP contribution in [0.3, 0.4) is 0 Å². The Morgan fingerprint density at radius 2 is 1.79 bits per heavy atom. The van der Waals surface area contributed by atoms with Gasteiger partial charge in [0.1, 0.15) is 11.6 Å². The summed E-state index contributed by atoms with van der Waals surface area (Å²) >= 11 is 0. The number of nitrogens with zero attached hydrogens (tertiary/aromatic N) is 1. The Morgan fingerprint density at radius 3 is 2.45 bits per heavy atom. The molecule has 7 rings (SSSR count). The smallest absolute Gasteiger partial charge is 0.255 e. The number of carbonyl (C=O) groups excluding carboxylic acids is 2. The van der Waals surface area contributed by atoms with E-state index in [1.807, 2.05) is 0 Å². The van der Waals surface area contributed by atoms with Crippen molar-refractivity contribution in [3.8, 4) is 11.1 Å². The molecule has 1 aromatic heterocycles. The van der Waals surface area contributed by atoms with Crippen molar-refractivity contribution >= 4 is 28.4 Å². The predicted molar refractivity (Wildman–Crippen MR) is 142 cm³/mol. The molecule has 0 atom stereocenters. The fourth-order valence-electron chi connectivity index (χ4n) is 5.56. The first-order valence-electron chi connectivity index (χ1n) is 13.4. The van der Waals surface area contributed by atoms with Crippen LogP contribution in [0.4, 0.5) is 14.5 Å². The summed E-state index contributed by atoms with van der Waals surface area (Å²) in [5.74, 6) is -1.29. The Morgan fingerprint density at radius 1 is 1.00 bits per heavy atom. The third kappa shape index (κ3) is 4.60. The summed E-state index contributed by atoms with van der Waals surface area (Å²) < 4.78 is 30.3. The lowest BCUT2D eigenvalue weighted by atomic mass is 9.50. The Labute approximate surface area is 219 Å². The number of hydrogen-bond donors (Lipinski definition) is 4. The van der Waals surface area contributed by atoms with Crippen molar-refractivity contribution in [3.63, 3.8) is 0 Å². The maximum atomic E-state index is 15.3. The van der Waals surface area contributed by atoms with Crippen molar-refractivity contribution < 1.29 is 18.4 Å². The number of anilines is 1. The van der Waals surface area contributed by atoms with Crippen LogP contribution in [0, 0.1) is 17.6 Å². The lowest BCUT2D eigenvalue weighted by molar-refractivity contribution is 0.00220. The van der Waals surface area contributed by atoms with Gasteiger partial charge in [-0.2, -0.15) is 0 Å². The lowest BCUT2D eigenvalue weighted by Crippen LogP contribution is -2.63. The summed E-state index contributed by atoms with van der Waals surface area (Å²) in [4.78, 5) is 29.9. The van der Waals surface area contributed by atoms with Gasteiger partial charge in [0, 0.05) is 41.3 Å². The van der Waals surface area contributed by atoms with E-state index in [9.17, 15) is 14.0 Å². The highest BCUT2D eigenvalue weighted by atomic mass is 19.1. The van der Waals surface area contributed by atoms with Gasteiger partial charge >= 0.3 is 0 Å². The monoisotopic (exact) mass is 519 g/mol. The normalized spacial score (nSPS) is 21.4. The Balaban J connectivity index is 1.35. The molecule has 2 aromatic carbocycles. The number of halogens is 2. The van der Waals surface area contributed by atoms with Gasteiger partial charge in [-0.1, -0.05) is 6.07 Å². The largest absolute Gasteiger partial charge is 0.378 e. The zero-order chi connectivity index (χ0) is 26.4. The first-order chi connectivity index (χ1) is 18.4. The highest BCUT2D eigenvalue weighted by molar-refractivity contribution is 6.08. The topological polar surface area (TPSA) is 109 Å². The fourth-order valence-corrected chi connectivity index (χ4v) is 5.56. The summed E-state index contributed by atoms with van der Waals surface area (Å²) in [6, 6.07) is 7.20. The number of unbranched alkanes of at least 4 members (excludes halogenated alkanes) is 1. The van der Waals surface area contributed by atoms with E-state index in [2.05, 4.69) is 20.9 Å². The number of amides is 2. The van der Waals surface area contributed by atoms with Crippen LogP contribution in [-0.4, -0.2) is 41.5 Å². The highest BCUT2D eigenvalue weighted by Gasteiger charge is 2.57. The van der Waals surface area contributed by atoms with Crippen molar-refractivity contribution in [3.05, 3.63) is 59.3 Å². The van der Waals surface area contributed by atoms with Crippen molar-refractivity contribution in [2.75, 3.05) is 18.4 Å². The van der Waals surface area contributed by atoms with E-state index in [1.54, 1.807) is 6.07 Å². The van der Waals surface area contributed by atoms with Crippen LogP contribution in [0.25, 0.3) is 22.0 Å². The van der Waals surface area contributed by atoms with E-state index in [4.69, 9.17) is 5.73 Å². The van der Waals surface area contributed by atoms with E-state index >= 15 is 4.39 Å². The molecule has 0 radical (unpaired) electrons. The molecule has 7 nitrogen and oxygen atoms in total. The number of pyridine rings is 1. The molecule has 0 unspecified atom stereocenters. The number of benzene rings is 2. The molecule has 3 aromatic rings. The van der Waals surface area contributed by atoms with E-state index in [0.29, 0.717) is 47.2 Å². The maximum absolute atomic E-state index is 15.3. The minimum Gasteiger partial charge on any atom is -0.378 e. The van der Waals surface area contributed by atoms with Gasteiger partial charge in [0.25, 0.3) is 11.8 Å². The molecular weight excluding hydrogens is 488 g/mol. The van der Waals surface area contributed by atoms with Crippen LogP contribution in [0.1, 0.15) is 65.7 Å². The summed E-state index contributed by atoms with van der Waals surface area (Å²) in [6.07, 6.45) is 8.05. The average Bonchev–Trinajstić information content (AvgIpc) is 3.66. The van der Waals surface area contributed by atoms with Crippen molar-refractivity contribution in [1.29, 1.82) is 0 Å². The molecular formula is C29H31F2N5O2. The molecule has 0 aliphatic heterocycles. The standard InChI is InChI=1S/C29H31F2N5O2/c30-23-9-17(3-6-19(23)27(37)33-8-2-1-7-32)20-10-21-25(11-24(20)31)34-15-22(28(38)35-18-4-5-18)26(21)36-29-12-16(13-29)14-29/h3,6,9-11,15-16,18H,1-2,4-5,7-8,12-14,32H2,(H,33,37)(H,34,36)(H,35,38). The third-order valence-corrected chi connectivity index (χ3v) is 7.98. The van der Waals surface area contributed by atoms with Gasteiger partial charge in [-0.3, -0.25) is 14.6 Å². The number of fused-ring (bicyclic) bond motifs is 1. The number of rotatable bonds is 10. The zero-order valence-corrected chi connectivity index (χ0v) is 21.1. The SMILES string of the molecule is NCCCCNC(=O)c1ccc(-c2cc3c(NC45CC(C4)C5)c(C(=O)NC4CC4)cnc3cc2F)cc1F. The summed E-state index contributed by atoms with van der Waals surface area (Å²) in [7, 11) is 0. The molecule has 0 saturated heterocycles. The summed E-state index contributed by atoms with van der Waals surface area (Å²) in [5, 5.41) is 9.93. The second-order valence-corrected chi connectivity index (χ2v) is 11.0. The zero-order valence-electron chi connectivity index (χ0n) is 21.1. The second kappa shape index (κ2) is 9.62. The van der Waals surface area contributed by atoms with E-state index < -0.39 is 17.5 Å². The molecule has 38 heavy (non-hydrogen) atoms. The number of nitrogens with one attached hydrogen (secondary N) is 3. The first kappa shape index (κ1) is 24.7. The highest BCUT2D eigenvalue weighted by Crippen LogP contribution is 2.59. The van der Waals surface area contributed by atoms with Crippen LogP contribution in [0.15, 0.2) is 36.5 Å². The molecule has 1 heterocycles. The van der Waals surface area contributed by atoms with Crippen LogP contribution in [0.2, 0.25) is 0 Å². The Hall–Kier alpha value is -3.59. The van der Waals surface area contributed by atoms with Crippen LogP contribution in [-0.2, 0) is 0 Å². The van der Waals surface area contributed by atoms with Gasteiger partial charge in [0.15, 0.2) is 0 Å². The molecule has 4 aliphatic carbocycles. The molecule has 198 valence electrons. The first-order valence-corrected chi connectivity index (χ1v) is 13.4. The Kier molecular flexibility index (Phi) is 6.26. The van der Waals surface area contributed by atoms with Crippen LogP contribution < -0.4 is 21.7 Å². The number of hydrogen-bond acceptors (Lipinski definition) is 5. The predicted octanol–water partition coefficient (Wildman–Crippen LogP) is 4.51. The number of carbonyl (C=O) groups is 2. The van der Waals surface area contributed by atoms with Crippen LogP contribution in [0.5, 0.6) is 0 Å². The van der Waals surface area contributed by atoms with Gasteiger partial charge in [-0.25, -0.2) is 8.78 Å². The molecule has 0 spiro atoms. The summed E-state index contributed by atoms with van der Waals surface area (Å²) in [6.45, 7) is 0.926. The van der Waals surface area contributed by atoms with Crippen molar-refractivity contribution in [1.82, 2.24) is 15.6 Å². The van der Waals surface area contributed by atoms with Gasteiger partial charge in [-0.05, 0) is 81.2 Å². The van der Waals surface area contributed by atoms with E-state index in [-0.39, 0.29) is 28.6 Å². The molecule has 5 N–H and O–H groups in total. The van der Waals surface area contributed by atoms with E-state index in [1.165, 1.54) is 30.5 Å². The molecule has 2 amide bonds. The second-order valence-electron chi connectivity index (χ2n) is 11.0. The van der Waals surface area contributed by atoms with Crippen molar-refractivity contribution in [2.24, 2.45) is 11.7 Å². The van der Waals surface area contributed by atoms with Crippen LogP contribution >= 0.6 is 0 Å². The molecule has 9 heteroatoms. The minimum atomic E-state index is -0.735. The van der Waals surface area contributed by atoms with E-state index in [0.717, 1.165) is 44.4 Å². The molecule has 4 aliphatic rings. The van der Waals surface area contributed by atoms with Gasteiger partial charge < -0.3 is 21.7 Å². The van der Waals surface area contributed by atoms with Gasteiger partial charge in [0.2, 0.25) is 0 Å². The fraction of sp³-hybridized carbons (Fsp3) is 0.414. The minimum absolute atomic E-state index is 0.0343. The summed E-state index contributed by atoms with van der Waals surface area (Å²) in [5.41, 5.74) is 7.28. The van der Waals surface area contributed by atoms with Crippen molar-refractivity contribution in [2.45, 2.75) is 56.5 Å². The van der Waals surface area contributed by atoms with Gasteiger partial charge in [0.05, 0.1) is 22.3 Å². The number of aromatic nitrogens is 1. The third-order valence-electron chi connectivity index (χ3n) is 7.98. The lowest BCUT2D eigenvalue weighted by Gasteiger charge is -2.62. The number of nitrogens with two attached hydrogens (primary N) is 1. The average molecular weight is 520 g/mol. The Bertz CT molecular complexity index is 1420. The molecule has 4 fully saturated rings. The molecule has 2 bridgehead atoms. The van der Waals surface area contributed by atoms with Gasteiger partial charge in [-0.15, -0.1) is 0 Å². The quantitative estimate of drug-likeness (QED) is 0.295. The molecule has 4 saturated carbocycles. The maximum Gasteiger partial charge on any atom is 0.255 e.